The zero-order chi connectivity index (χ0) is 24.7. The van der Waals surface area contributed by atoms with Gasteiger partial charge in [0.1, 0.15) is 17.3 Å². The number of hydrogen-bond acceptors (Lipinski definition) is 7. The molecule has 2 aromatic carbocycles. The van der Waals surface area contributed by atoms with Gasteiger partial charge in [-0.2, -0.15) is 0 Å². The van der Waals surface area contributed by atoms with Crippen LogP contribution in [0.1, 0.15) is 11.3 Å². The van der Waals surface area contributed by atoms with Crippen molar-refractivity contribution in [2.75, 3.05) is 6.79 Å². The van der Waals surface area contributed by atoms with Crippen LogP contribution in [0.4, 0.5) is 18.0 Å². The Morgan fingerprint density at radius 1 is 1.09 bits per heavy atom. The van der Waals surface area contributed by atoms with Gasteiger partial charge < -0.3 is 18.6 Å². The second-order valence-electron chi connectivity index (χ2n) is 7.31. The van der Waals surface area contributed by atoms with Gasteiger partial charge in [0.25, 0.3) is 11.1 Å². The van der Waals surface area contributed by atoms with Crippen molar-refractivity contribution in [3.8, 4) is 28.6 Å². The van der Waals surface area contributed by atoms with E-state index in [0.717, 1.165) is 11.0 Å². The van der Waals surface area contributed by atoms with Gasteiger partial charge in [0.05, 0.1) is 17.0 Å². The topological polar surface area (TPSA) is 78.2 Å². The number of alkyl halides is 3. The number of ether oxygens (including phenoxy) is 3. The van der Waals surface area contributed by atoms with Crippen molar-refractivity contribution in [3.05, 3.63) is 69.8 Å². The number of imide groups is 1. The first-order valence-electron chi connectivity index (χ1n) is 9.96. The molecule has 1 fully saturated rings. The van der Waals surface area contributed by atoms with Crippen LogP contribution >= 0.6 is 23.4 Å². The summed E-state index contributed by atoms with van der Waals surface area (Å²) in [7, 11) is 0. The molecule has 2 amide bonds. The van der Waals surface area contributed by atoms with Crippen LogP contribution in [0.2, 0.25) is 5.02 Å². The van der Waals surface area contributed by atoms with Gasteiger partial charge in [0, 0.05) is 17.2 Å². The Balaban J connectivity index is 1.36. The molecule has 1 aromatic heterocycles. The molecule has 0 saturated carbocycles. The second kappa shape index (κ2) is 8.90. The monoisotopic (exact) mass is 523 g/mol. The highest BCUT2D eigenvalue weighted by molar-refractivity contribution is 8.18. The van der Waals surface area contributed by atoms with Crippen LogP contribution in [0.15, 0.2) is 57.9 Å². The normalized spacial score (nSPS) is 16.5. The van der Waals surface area contributed by atoms with Gasteiger partial charge in [-0.15, -0.1) is 13.2 Å². The first-order valence-corrected chi connectivity index (χ1v) is 11.2. The zero-order valence-corrected chi connectivity index (χ0v) is 19.0. The van der Waals surface area contributed by atoms with Gasteiger partial charge in [0.2, 0.25) is 6.79 Å². The SMILES string of the molecule is O=C1S/C(=C/c2ccc(-c3ccccc3OC(F)(F)F)o2)C(=O)N1Cc1cc2c(cc1Cl)OCO2. The maximum absolute atomic E-state index is 12.9. The number of fused-ring (bicyclic) bond motifs is 1. The molecule has 2 aliphatic rings. The van der Waals surface area contributed by atoms with Gasteiger partial charge in [-0.05, 0) is 47.7 Å². The van der Waals surface area contributed by atoms with Crippen molar-refractivity contribution in [1.29, 1.82) is 0 Å². The van der Waals surface area contributed by atoms with E-state index < -0.39 is 23.3 Å². The smallest absolute Gasteiger partial charge is 0.457 e. The third-order valence-corrected chi connectivity index (χ3v) is 6.28. The molecule has 5 rings (SSSR count). The van der Waals surface area contributed by atoms with Crippen molar-refractivity contribution in [2.24, 2.45) is 0 Å². The number of amides is 2. The van der Waals surface area contributed by atoms with Crippen molar-refractivity contribution in [3.63, 3.8) is 0 Å². The molecule has 0 N–H and O–H groups in total. The Hall–Kier alpha value is -3.57. The van der Waals surface area contributed by atoms with Crippen molar-refractivity contribution >= 4 is 40.6 Å². The number of hydrogen-bond donors (Lipinski definition) is 0. The number of nitrogens with zero attached hydrogens (tertiary/aromatic N) is 1. The van der Waals surface area contributed by atoms with Crippen LogP contribution in [0.25, 0.3) is 17.4 Å². The van der Waals surface area contributed by atoms with Crippen LogP contribution in [0.5, 0.6) is 17.2 Å². The molecule has 1 saturated heterocycles. The molecule has 12 heteroatoms. The van der Waals surface area contributed by atoms with E-state index in [-0.39, 0.29) is 35.3 Å². The fourth-order valence-corrected chi connectivity index (χ4v) is 4.51. The Bertz CT molecular complexity index is 1370. The van der Waals surface area contributed by atoms with Gasteiger partial charge in [0.15, 0.2) is 11.5 Å². The van der Waals surface area contributed by atoms with Gasteiger partial charge in [-0.25, -0.2) is 0 Å². The van der Waals surface area contributed by atoms with Crippen LogP contribution in [-0.2, 0) is 11.3 Å². The van der Waals surface area contributed by atoms with E-state index in [2.05, 4.69) is 4.74 Å². The highest BCUT2D eigenvalue weighted by Gasteiger charge is 2.36. The minimum absolute atomic E-state index is 0.0529. The fraction of sp³-hybridized carbons (Fsp3) is 0.130. The van der Waals surface area contributed by atoms with Crippen LogP contribution < -0.4 is 14.2 Å². The van der Waals surface area contributed by atoms with E-state index in [1.165, 1.54) is 36.4 Å². The largest absolute Gasteiger partial charge is 0.573 e. The van der Waals surface area contributed by atoms with Crippen LogP contribution in [0.3, 0.4) is 0 Å². The van der Waals surface area contributed by atoms with Crippen molar-refractivity contribution < 1.29 is 41.4 Å². The molecular weight excluding hydrogens is 511 g/mol. The highest BCUT2D eigenvalue weighted by atomic mass is 35.5. The Morgan fingerprint density at radius 2 is 1.83 bits per heavy atom. The Labute approximate surface area is 205 Å². The van der Waals surface area contributed by atoms with Crippen molar-refractivity contribution in [2.45, 2.75) is 12.9 Å². The fourth-order valence-electron chi connectivity index (χ4n) is 3.48. The average Bonchev–Trinajstić information content (AvgIpc) is 3.50. The average molecular weight is 524 g/mol. The third kappa shape index (κ3) is 4.82. The summed E-state index contributed by atoms with van der Waals surface area (Å²) in [6.45, 7) is -0.0274. The highest BCUT2D eigenvalue weighted by Crippen LogP contribution is 2.40. The van der Waals surface area contributed by atoms with E-state index in [9.17, 15) is 22.8 Å². The van der Waals surface area contributed by atoms with Gasteiger partial charge in [-0.1, -0.05) is 23.7 Å². The molecule has 0 unspecified atom stereocenters. The molecule has 3 aromatic rings. The lowest BCUT2D eigenvalue weighted by atomic mass is 10.1. The second-order valence-corrected chi connectivity index (χ2v) is 8.71. The first-order chi connectivity index (χ1) is 16.7. The predicted molar refractivity (Wildman–Crippen MR) is 120 cm³/mol. The van der Waals surface area contributed by atoms with E-state index in [1.807, 2.05) is 0 Å². The van der Waals surface area contributed by atoms with Crippen molar-refractivity contribution in [1.82, 2.24) is 4.90 Å². The Kier molecular flexibility index (Phi) is 5.89. The molecule has 2 aliphatic heterocycles. The summed E-state index contributed by atoms with van der Waals surface area (Å²) < 4.78 is 58.4. The minimum Gasteiger partial charge on any atom is -0.457 e. The minimum atomic E-state index is -4.87. The third-order valence-electron chi connectivity index (χ3n) is 5.02. The maximum atomic E-state index is 12.9. The molecule has 7 nitrogen and oxygen atoms in total. The lowest BCUT2D eigenvalue weighted by Gasteiger charge is -2.14. The molecule has 35 heavy (non-hydrogen) atoms. The molecule has 0 radical (unpaired) electrons. The summed E-state index contributed by atoms with van der Waals surface area (Å²) in [4.78, 5) is 26.5. The molecule has 0 spiro atoms. The maximum Gasteiger partial charge on any atom is 0.573 e. The van der Waals surface area contributed by atoms with E-state index in [1.54, 1.807) is 12.1 Å². The molecular formula is C23H13ClF3NO6S. The van der Waals surface area contributed by atoms with E-state index >= 15 is 0 Å². The number of thioether (sulfide) groups is 1. The lowest BCUT2D eigenvalue weighted by Crippen LogP contribution is -2.27. The number of benzene rings is 2. The van der Waals surface area contributed by atoms with Gasteiger partial charge in [-0.3, -0.25) is 14.5 Å². The summed E-state index contributed by atoms with van der Waals surface area (Å²) in [5.74, 6) is 0.221. The molecule has 0 atom stereocenters. The van der Waals surface area contributed by atoms with E-state index in [0.29, 0.717) is 33.8 Å². The van der Waals surface area contributed by atoms with Crippen LogP contribution in [-0.4, -0.2) is 29.2 Å². The number of para-hydroxylation sites is 1. The Morgan fingerprint density at radius 3 is 2.60 bits per heavy atom. The number of halogens is 4. The standard InChI is InChI=1S/C23H13ClF3NO6S/c24-15-9-19-18(31-11-32-19)7-12(15)10-28-21(29)20(35-22(28)30)8-13-5-6-16(33-13)14-3-1-2-4-17(14)34-23(25,26)27/h1-9H,10-11H2/b20-8+. The quantitative estimate of drug-likeness (QED) is 0.355. The van der Waals surface area contributed by atoms with Crippen LogP contribution in [0, 0.1) is 0 Å². The lowest BCUT2D eigenvalue weighted by molar-refractivity contribution is -0.274. The molecule has 0 aliphatic carbocycles. The number of rotatable bonds is 5. The zero-order valence-electron chi connectivity index (χ0n) is 17.4. The summed E-state index contributed by atoms with van der Waals surface area (Å²) in [5, 5.41) is -0.196. The predicted octanol–water partition coefficient (Wildman–Crippen LogP) is 6.46. The number of carbonyl (C=O) groups is 2. The molecule has 3 heterocycles. The molecule has 0 bridgehead atoms. The summed E-state index contributed by atoms with van der Waals surface area (Å²) >= 11 is 6.97. The number of furan rings is 1. The summed E-state index contributed by atoms with van der Waals surface area (Å²) in [6, 6.07) is 11.6. The number of carbonyl (C=O) groups excluding carboxylic acids is 2. The summed E-state index contributed by atoms with van der Waals surface area (Å²) in [6.07, 6.45) is -3.52. The van der Waals surface area contributed by atoms with E-state index in [4.69, 9.17) is 25.5 Å². The summed E-state index contributed by atoms with van der Waals surface area (Å²) in [5.41, 5.74) is 0.580. The first kappa shape index (κ1) is 23.2. The van der Waals surface area contributed by atoms with Gasteiger partial charge >= 0.3 is 6.36 Å². The molecule has 180 valence electrons.